The smallest absolute Gasteiger partial charge is 0.389 e. The molecule has 6 nitrogen and oxygen atoms in total. The number of sulfonamides is 1. The van der Waals surface area contributed by atoms with Crippen LogP contribution in [0.1, 0.15) is 32.1 Å². The summed E-state index contributed by atoms with van der Waals surface area (Å²) in [6.07, 6.45) is -4.61. The number of hydrogen-bond acceptors (Lipinski definition) is 4. The second-order valence-corrected chi connectivity index (χ2v) is 5.91. The molecule has 0 aromatic carbocycles. The van der Waals surface area contributed by atoms with Crippen LogP contribution in [0, 0.1) is 0 Å². The molecule has 0 rings (SSSR count). The van der Waals surface area contributed by atoms with E-state index in [1.807, 2.05) is 0 Å². The summed E-state index contributed by atoms with van der Waals surface area (Å²) in [5.74, 6) is -0.500. The number of hydrogen-bond donors (Lipinski definition) is 3. The van der Waals surface area contributed by atoms with Crippen LogP contribution < -0.4 is 10.5 Å². The Kier molecular flexibility index (Phi) is 7.76. The molecule has 0 fully saturated rings. The molecule has 0 unspecified atom stereocenters. The standard InChI is InChI=1S/C9H18F3N3O3S/c10-9(11,12)5-3-7-19(17,18)14-6-2-1-4-8(13)15-16/h14,16H,1-7H2,(H2,13,15). The molecule has 114 valence electrons. The Morgan fingerprint density at radius 1 is 1.26 bits per heavy atom. The van der Waals surface area contributed by atoms with E-state index < -0.39 is 34.8 Å². The maximum atomic E-state index is 11.8. The second kappa shape index (κ2) is 8.20. The van der Waals surface area contributed by atoms with E-state index in [1.54, 1.807) is 0 Å². The fraction of sp³-hybridized carbons (Fsp3) is 0.889. The highest BCUT2D eigenvalue weighted by atomic mass is 32.2. The number of nitrogens with zero attached hydrogens (tertiary/aromatic N) is 1. The average molecular weight is 305 g/mol. The van der Waals surface area contributed by atoms with Crippen molar-refractivity contribution in [1.29, 1.82) is 0 Å². The van der Waals surface area contributed by atoms with Crippen LogP contribution in [0.5, 0.6) is 0 Å². The predicted octanol–water partition coefficient (Wildman–Crippen LogP) is 1.16. The molecule has 0 bridgehead atoms. The third-order valence-corrected chi connectivity index (χ3v) is 3.65. The largest absolute Gasteiger partial charge is 0.409 e. The third kappa shape index (κ3) is 11.8. The lowest BCUT2D eigenvalue weighted by molar-refractivity contribution is -0.134. The molecule has 0 saturated heterocycles. The van der Waals surface area contributed by atoms with E-state index in [0.717, 1.165) is 0 Å². The Hall–Kier alpha value is -1.03. The van der Waals surface area contributed by atoms with Crippen molar-refractivity contribution in [2.24, 2.45) is 10.9 Å². The van der Waals surface area contributed by atoms with Crippen molar-refractivity contribution >= 4 is 15.9 Å². The van der Waals surface area contributed by atoms with Crippen LogP contribution in [0.2, 0.25) is 0 Å². The van der Waals surface area contributed by atoms with E-state index >= 15 is 0 Å². The molecular weight excluding hydrogens is 287 g/mol. The van der Waals surface area contributed by atoms with Gasteiger partial charge >= 0.3 is 6.18 Å². The molecule has 0 spiro atoms. The number of unbranched alkanes of at least 4 members (excludes halogenated alkanes) is 1. The zero-order valence-electron chi connectivity index (χ0n) is 10.3. The van der Waals surface area contributed by atoms with Gasteiger partial charge in [0.15, 0.2) is 0 Å². The van der Waals surface area contributed by atoms with Gasteiger partial charge in [0.25, 0.3) is 0 Å². The molecule has 0 aromatic rings. The summed E-state index contributed by atoms with van der Waals surface area (Å²) in [5, 5.41) is 11.0. The van der Waals surface area contributed by atoms with Gasteiger partial charge in [-0.3, -0.25) is 0 Å². The van der Waals surface area contributed by atoms with Crippen molar-refractivity contribution < 1.29 is 26.8 Å². The normalized spacial score (nSPS) is 13.7. The van der Waals surface area contributed by atoms with E-state index in [1.165, 1.54) is 0 Å². The van der Waals surface area contributed by atoms with Gasteiger partial charge in [0, 0.05) is 19.4 Å². The molecule has 0 atom stereocenters. The molecule has 0 radical (unpaired) electrons. The summed E-state index contributed by atoms with van der Waals surface area (Å²) in [6, 6.07) is 0. The van der Waals surface area contributed by atoms with Gasteiger partial charge in [-0.05, 0) is 19.3 Å². The molecule has 19 heavy (non-hydrogen) atoms. The Balaban J connectivity index is 3.74. The topological polar surface area (TPSA) is 105 Å². The van der Waals surface area contributed by atoms with Crippen molar-refractivity contribution in [1.82, 2.24) is 4.72 Å². The van der Waals surface area contributed by atoms with Crippen molar-refractivity contribution in [2.75, 3.05) is 12.3 Å². The van der Waals surface area contributed by atoms with Crippen LogP contribution >= 0.6 is 0 Å². The minimum absolute atomic E-state index is 0.0491. The summed E-state index contributed by atoms with van der Waals surface area (Å²) in [6.45, 7) is 0.118. The lowest BCUT2D eigenvalue weighted by atomic mass is 10.2. The van der Waals surface area contributed by atoms with Gasteiger partial charge in [-0.25, -0.2) is 13.1 Å². The van der Waals surface area contributed by atoms with Gasteiger partial charge in [0.2, 0.25) is 10.0 Å². The zero-order valence-corrected chi connectivity index (χ0v) is 11.1. The van der Waals surface area contributed by atoms with Crippen LogP contribution in [0.3, 0.4) is 0 Å². The molecule has 0 heterocycles. The van der Waals surface area contributed by atoms with E-state index in [2.05, 4.69) is 9.88 Å². The van der Waals surface area contributed by atoms with E-state index in [4.69, 9.17) is 10.9 Å². The van der Waals surface area contributed by atoms with Crippen LogP contribution in [-0.2, 0) is 10.0 Å². The van der Waals surface area contributed by atoms with Crippen molar-refractivity contribution in [3.8, 4) is 0 Å². The van der Waals surface area contributed by atoms with Crippen molar-refractivity contribution in [3.05, 3.63) is 0 Å². The lowest BCUT2D eigenvalue weighted by Gasteiger charge is -2.08. The van der Waals surface area contributed by atoms with Gasteiger partial charge in [0.1, 0.15) is 5.84 Å². The molecule has 0 amide bonds. The maximum absolute atomic E-state index is 11.8. The molecule has 0 aliphatic carbocycles. The molecule has 10 heteroatoms. The molecular formula is C9H18F3N3O3S. The molecule has 4 N–H and O–H groups in total. The summed E-state index contributed by atoms with van der Waals surface area (Å²) < 4.78 is 60.3. The Labute approximate surface area is 109 Å². The van der Waals surface area contributed by atoms with Crippen LogP contribution in [0.25, 0.3) is 0 Å². The van der Waals surface area contributed by atoms with Gasteiger partial charge < -0.3 is 10.9 Å². The van der Waals surface area contributed by atoms with Crippen molar-refractivity contribution in [2.45, 2.75) is 38.3 Å². The fourth-order valence-electron chi connectivity index (χ4n) is 1.24. The second-order valence-electron chi connectivity index (χ2n) is 3.98. The number of oxime groups is 1. The fourth-order valence-corrected chi connectivity index (χ4v) is 2.37. The quantitative estimate of drug-likeness (QED) is 0.195. The van der Waals surface area contributed by atoms with Gasteiger partial charge in [-0.1, -0.05) is 5.16 Å². The van der Waals surface area contributed by atoms with Crippen LogP contribution in [-0.4, -0.2) is 37.9 Å². The van der Waals surface area contributed by atoms with E-state index in [9.17, 15) is 21.6 Å². The number of halogens is 3. The molecule has 0 saturated carbocycles. The minimum Gasteiger partial charge on any atom is -0.409 e. The van der Waals surface area contributed by atoms with Crippen LogP contribution in [0.15, 0.2) is 5.16 Å². The van der Waals surface area contributed by atoms with Crippen LogP contribution in [0.4, 0.5) is 13.2 Å². The zero-order chi connectivity index (χ0) is 14.9. The molecule has 0 aromatic heterocycles. The summed E-state index contributed by atoms with van der Waals surface area (Å²) >= 11 is 0. The first-order chi connectivity index (χ1) is 8.66. The number of nitrogens with two attached hydrogens (primary N) is 1. The molecule has 0 aliphatic heterocycles. The number of amidine groups is 1. The highest BCUT2D eigenvalue weighted by Gasteiger charge is 2.27. The monoisotopic (exact) mass is 305 g/mol. The average Bonchev–Trinajstić information content (AvgIpc) is 2.25. The Morgan fingerprint density at radius 2 is 1.89 bits per heavy atom. The Morgan fingerprint density at radius 3 is 2.42 bits per heavy atom. The van der Waals surface area contributed by atoms with Gasteiger partial charge in [-0.2, -0.15) is 13.2 Å². The summed E-state index contributed by atoms with van der Waals surface area (Å²) in [5.41, 5.74) is 5.20. The lowest BCUT2D eigenvalue weighted by Crippen LogP contribution is -2.28. The van der Waals surface area contributed by atoms with Gasteiger partial charge in [0.05, 0.1) is 5.75 Å². The van der Waals surface area contributed by atoms with E-state index in [-0.39, 0.29) is 12.4 Å². The van der Waals surface area contributed by atoms with E-state index in [0.29, 0.717) is 19.3 Å². The van der Waals surface area contributed by atoms with Crippen molar-refractivity contribution in [3.63, 3.8) is 0 Å². The number of rotatable bonds is 9. The first-order valence-corrected chi connectivity index (χ1v) is 7.32. The first kappa shape index (κ1) is 18.0. The first-order valence-electron chi connectivity index (χ1n) is 5.67. The SMILES string of the molecule is NC(CCCCNS(=O)(=O)CCCC(F)(F)F)=NO. The number of alkyl halides is 3. The maximum Gasteiger partial charge on any atom is 0.389 e. The number of nitrogens with one attached hydrogen (secondary N) is 1. The highest BCUT2D eigenvalue weighted by molar-refractivity contribution is 7.89. The predicted molar refractivity (Wildman–Crippen MR) is 64.3 cm³/mol. The Bertz CT molecular complexity index is 382. The minimum atomic E-state index is -4.34. The molecule has 0 aliphatic rings. The van der Waals surface area contributed by atoms with Gasteiger partial charge in [-0.15, -0.1) is 0 Å². The third-order valence-electron chi connectivity index (χ3n) is 2.18. The summed E-state index contributed by atoms with van der Waals surface area (Å²) in [4.78, 5) is 0. The summed E-state index contributed by atoms with van der Waals surface area (Å²) in [7, 11) is -3.67. The highest BCUT2D eigenvalue weighted by Crippen LogP contribution is 2.21.